The highest BCUT2D eigenvalue weighted by Crippen LogP contribution is 2.47. The van der Waals surface area contributed by atoms with E-state index in [0.717, 1.165) is 35.8 Å². The summed E-state index contributed by atoms with van der Waals surface area (Å²) < 4.78 is 2.44. The van der Waals surface area contributed by atoms with Gasteiger partial charge in [-0.3, -0.25) is 14.5 Å². The summed E-state index contributed by atoms with van der Waals surface area (Å²) in [4.78, 5) is 23.0. The van der Waals surface area contributed by atoms with Crippen LogP contribution in [-0.4, -0.2) is 30.9 Å². The van der Waals surface area contributed by atoms with Crippen molar-refractivity contribution in [3.63, 3.8) is 0 Å². The summed E-state index contributed by atoms with van der Waals surface area (Å²) in [5.74, 6) is 1.00. The summed E-state index contributed by atoms with van der Waals surface area (Å²) in [6.45, 7) is 0. The minimum atomic E-state index is -0.219. The molecule has 1 aliphatic carbocycles. The number of nitrogens with zero attached hydrogens (tertiary/aromatic N) is 4. The third-order valence-corrected chi connectivity index (χ3v) is 7.39. The molecule has 0 saturated carbocycles. The Hall–Kier alpha value is -1.97. The summed E-state index contributed by atoms with van der Waals surface area (Å²) in [5.41, 5.74) is 2.21. The normalized spacial score (nSPS) is 21.3. The number of carbonyl (C=O) groups excluding carboxylic acids is 1. The number of aliphatic imine (C=N–C) groups is 2. The van der Waals surface area contributed by atoms with Crippen LogP contribution in [0, 0.1) is 10.7 Å². The first-order valence-corrected chi connectivity index (χ1v) is 11.4. The quantitative estimate of drug-likeness (QED) is 0.722. The van der Waals surface area contributed by atoms with Crippen LogP contribution in [0.4, 0.5) is 0 Å². The predicted molar refractivity (Wildman–Crippen MR) is 116 cm³/mol. The zero-order valence-corrected chi connectivity index (χ0v) is 17.4. The molecule has 28 heavy (non-hydrogen) atoms. The molecule has 1 unspecified atom stereocenters. The number of amidine groups is 1. The average Bonchev–Trinajstić information content (AvgIpc) is 3.27. The van der Waals surface area contributed by atoms with Crippen LogP contribution in [-0.2, 0) is 10.5 Å². The van der Waals surface area contributed by atoms with Crippen LogP contribution in [0.15, 0.2) is 50.8 Å². The second-order valence-electron chi connectivity index (χ2n) is 6.78. The number of rotatable bonds is 3. The largest absolute Gasteiger partial charge is 0.271 e. The molecule has 3 aliphatic rings. The molecule has 0 spiro atoms. The molecular weight excluding hydrogens is 410 g/mol. The van der Waals surface area contributed by atoms with Gasteiger partial charge >= 0.3 is 0 Å². The smallest absolute Gasteiger partial charge is 0.262 e. The number of amides is 1. The molecule has 6 nitrogen and oxygen atoms in total. The molecule has 1 aromatic carbocycles. The van der Waals surface area contributed by atoms with Crippen LogP contribution >= 0.6 is 35.7 Å². The molecule has 2 aliphatic heterocycles. The molecule has 0 radical (unpaired) electrons. The maximum Gasteiger partial charge on any atom is 0.262 e. The number of thioether (sulfide) groups is 2. The van der Waals surface area contributed by atoms with E-state index in [-0.39, 0.29) is 11.8 Å². The van der Waals surface area contributed by atoms with Crippen molar-refractivity contribution in [1.29, 1.82) is 0 Å². The van der Waals surface area contributed by atoms with Gasteiger partial charge in [0.05, 0.1) is 10.8 Å². The summed E-state index contributed by atoms with van der Waals surface area (Å²) in [6.07, 6.45) is 4.42. The number of carbonyl (C=O) groups is 1. The third kappa shape index (κ3) is 3.21. The predicted octanol–water partition coefficient (Wildman–Crippen LogP) is 4.65. The van der Waals surface area contributed by atoms with E-state index in [1.54, 1.807) is 11.8 Å². The van der Waals surface area contributed by atoms with Gasteiger partial charge in [-0.05, 0) is 60.5 Å². The fourth-order valence-electron chi connectivity index (χ4n) is 3.74. The monoisotopic (exact) mass is 427 g/mol. The van der Waals surface area contributed by atoms with Gasteiger partial charge in [0, 0.05) is 5.69 Å². The highest BCUT2D eigenvalue weighted by molar-refractivity contribution is 8.18. The fraction of sp³-hybridized carbons (Fsp3) is 0.316. The number of H-pyrrole nitrogens is 1. The number of hydrogen-bond donors (Lipinski definition) is 1. The third-order valence-electron chi connectivity index (χ3n) is 5.03. The zero-order chi connectivity index (χ0) is 19.1. The minimum Gasteiger partial charge on any atom is -0.271 e. The molecular formula is C19H17N5OS3. The van der Waals surface area contributed by atoms with E-state index >= 15 is 0 Å². The molecule has 9 heteroatoms. The van der Waals surface area contributed by atoms with Gasteiger partial charge in [0.25, 0.3) is 5.91 Å². The Morgan fingerprint density at radius 1 is 1.21 bits per heavy atom. The first-order valence-electron chi connectivity index (χ1n) is 9.16. The Bertz CT molecular complexity index is 1100. The van der Waals surface area contributed by atoms with Gasteiger partial charge in [0.1, 0.15) is 11.7 Å². The van der Waals surface area contributed by atoms with Crippen molar-refractivity contribution in [3.8, 4) is 5.69 Å². The topological polar surface area (TPSA) is 75.4 Å². The molecule has 1 amide bonds. The van der Waals surface area contributed by atoms with E-state index in [1.165, 1.54) is 28.7 Å². The van der Waals surface area contributed by atoms with E-state index < -0.39 is 0 Å². The van der Waals surface area contributed by atoms with Crippen molar-refractivity contribution in [2.45, 2.75) is 31.4 Å². The number of fused-ring (bicyclic) bond motifs is 2. The number of aromatic amines is 1. The van der Waals surface area contributed by atoms with Crippen LogP contribution in [0.2, 0.25) is 0 Å². The lowest BCUT2D eigenvalue weighted by atomic mass is 9.89. The Morgan fingerprint density at radius 3 is 2.89 bits per heavy atom. The first-order chi connectivity index (χ1) is 13.7. The van der Waals surface area contributed by atoms with Crippen LogP contribution in [0.25, 0.3) is 5.69 Å². The van der Waals surface area contributed by atoms with Crippen LogP contribution < -0.4 is 0 Å². The van der Waals surface area contributed by atoms with Crippen molar-refractivity contribution < 1.29 is 4.79 Å². The second-order valence-corrected chi connectivity index (χ2v) is 9.22. The SMILES string of the molecule is O=C1N=C(SCc2n[nH]c(=S)n2-c2ccccc2)N=C2SC3=C(CCCC3)C12. The Labute approximate surface area is 175 Å². The molecule has 0 bridgehead atoms. The fourth-order valence-corrected chi connectivity index (χ4v) is 6.17. The van der Waals surface area contributed by atoms with Gasteiger partial charge in [-0.1, -0.05) is 41.7 Å². The summed E-state index contributed by atoms with van der Waals surface area (Å²) >= 11 is 8.48. The van der Waals surface area contributed by atoms with E-state index in [1.807, 2.05) is 34.9 Å². The molecule has 1 aromatic heterocycles. The minimum absolute atomic E-state index is 0.0752. The maximum absolute atomic E-state index is 12.7. The lowest BCUT2D eigenvalue weighted by molar-refractivity contribution is -0.118. The Kier molecular flexibility index (Phi) is 4.82. The summed E-state index contributed by atoms with van der Waals surface area (Å²) in [7, 11) is 0. The van der Waals surface area contributed by atoms with E-state index in [2.05, 4.69) is 15.2 Å². The number of para-hydroxylation sites is 1. The standard InChI is InChI=1S/C19H17N5OS3/c25-16-15-12-8-4-5-9-13(12)28-17(15)21-18(20-16)27-10-14-22-23-19(26)24(14)11-6-2-1-3-7-11/h1-3,6-7,15H,4-5,8-10H2,(H,23,26). The van der Waals surface area contributed by atoms with E-state index in [0.29, 0.717) is 15.7 Å². The maximum atomic E-state index is 12.7. The molecule has 1 atom stereocenters. The van der Waals surface area contributed by atoms with Crippen molar-refractivity contribution in [3.05, 3.63) is 51.4 Å². The number of hydrogen-bond acceptors (Lipinski definition) is 6. The van der Waals surface area contributed by atoms with E-state index in [4.69, 9.17) is 17.2 Å². The molecule has 142 valence electrons. The molecule has 0 fully saturated rings. The van der Waals surface area contributed by atoms with Crippen LogP contribution in [0.1, 0.15) is 31.5 Å². The van der Waals surface area contributed by atoms with Gasteiger partial charge in [-0.15, -0.1) is 0 Å². The average molecular weight is 428 g/mol. The zero-order valence-electron chi connectivity index (χ0n) is 14.9. The van der Waals surface area contributed by atoms with Crippen LogP contribution in [0.3, 0.4) is 0 Å². The molecule has 3 heterocycles. The summed E-state index contributed by atoms with van der Waals surface area (Å²) in [6, 6.07) is 9.85. The molecule has 1 N–H and O–H groups in total. The highest BCUT2D eigenvalue weighted by atomic mass is 32.2. The lowest BCUT2D eigenvalue weighted by Crippen LogP contribution is -2.25. The number of allylic oxidation sites excluding steroid dienone is 1. The van der Waals surface area contributed by atoms with Gasteiger partial charge in [-0.2, -0.15) is 10.1 Å². The van der Waals surface area contributed by atoms with Crippen molar-refractivity contribution in [1.82, 2.24) is 14.8 Å². The highest BCUT2D eigenvalue weighted by Gasteiger charge is 2.40. The van der Waals surface area contributed by atoms with Crippen molar-refractivity contribution in [2.75, 3.05) is 0 Å². The van der Waals surface area contributed by atoms with E-state index in [9.17, 15) is 4.79 Å². The van der Waals surface area contributed by atoms with Gasteiger partial charge in [-0.25, -0.2) is 4.99 Å². The molecule has 5 rings (SSSR count). The molecule has 0 saturated heterocycles. The lowest BCUT2D eigenvalue weighted by Gasteiger charge is -2.18. The second kappa shape index (κ2) is 7.46. The Balaban J connectivity index is 1.36. The summed E-state index contributed by atoms with van der Waals surface area (Å²) in [5, 5.41) is 8.61. The van der Waals surface area contributed by atoms with Gasteiger partial charge < -0.3 is 0 Å². The number of nitrogens with one attached hydrogen (secondary N) is 1. The van der Waals surface area contributed by atoms with Gasteiger partial charge in [0.2, 0.25) is 0 Å². The van der Waals surface area contributed by atoms with Crippen molar-refractivity contribution >= 4 is 51.9 Å². The van der Waals surface area contributed by atoms with Crippen molar-refractivity contribution in [2.24, 2.45) is 15.9 Å². The number of benzene rings is 1. The first kappa shape index (κ1) is 18.1. The van der Waals surface area contributed by atoms with Crippen LogP contribution in [0.5, 0.6) is 0 Å². The van der Waals surface area contributed by atoms with Gasteiger partial charge in [0.15, 0.2) is 9.94 Å². The number of aromatic nitrogens is 3. The Morgan fingerprint density at radius 2 is 2.04 bits per heavy atom. The molecule has 2 aromatic rings.